The SMILES string of the molecule is CC#CC1=CCC(C(=O)NC)CC1. The molecular formula is C11H15NO. The van der Waals surface area contributed by atoms with Crippen molar-refractivity contribution >= 4 is 5.91 Å². The largest absolute Gasteiger partial charge is 0.359 e. The molecule has 0 aromatic heterocycles. The Bertz CT molecular complexity index is 280. The van der Waals surface area contributed by atoms with Gasteiger partial charge in [0.15, 0.2) is 0 Å². The van der Waals surface area contributed by atoms with E-state index >= 15 is 0 Å². The molecule has 2 heteroatoms. The van der Waals surface area contributed by atoms with Crippen molar-refractivity contribution in [1.82, 2.24) is 5.32 Å². The highest BCUT2D eigenvalue weighted by molar-refractivity contribution is 5.78. The molecule has 1 rings (SSSR count). The molecule has 1 aliphatic rings. The summed E-state index contributed by atoms with van der Waals surface area (Å²) in [5, 5.41) is 2.68. The first-order valence-corrected chi connectivity index (χ1v) is 4.61. The number of nitrogens with one attached hydrogen (secondary N) is 1. The van der Waals surface area contributed by atoms with Crippen molar-refractivity contribution in [2.24, 2.45) is 5.92 Å². The van der Waals surface area contributed by atoms with Crippen LogP contribution in [-0.4, -0.2) is 13.0 Å². The topological polar surface area (TPSA) is 29.1 Å². The van der Waals surface area contributed by atoms with Gasteiger partial charge in [0.1, 0.15) is 0 Å². The van der Waals surface area contributed by atoms with Crippen molar-refractivity contribution in [1.29, 1.82) is 0 Å². The lowest BCUT2D eigenvalue weighted by Crippen LogP contribution is -2.28. The van der Waals surface area contributed by atoms with Gasteiger partial charge in [-0.25, -0.2) is 0 Å². The zero-order chi connectivity index (χ0) is 9.68. The Morgan fingerprint density at radius 3 is 2.92 bits per heavy atom. The van der Waals surface area contributed by atoms with Crippen molar-refractivity contribution < 1.29 is 4.79 Å². The summed E-state index contributed by atoms with van der Waals surface area (Å²) in [4.78, 5) is 11.3. The number of allylic oxidation sites excluding steroid dienone is 2. The summed E-state index contributed by atoms with van der Waals surface area (Å²) in [7, 11) is 1.69. The zero-order valence-corrected chi connectivity index (χ0v) is 8.18. The van der Waals surface area contributed by atoms with Gasteiger partial charge < -0.3 is 5.32 Å². The third-order valence-corrected chi connectivity index (χ3v) is 2.31. The van der Waals surface area contributed by atoms with E-state index in [0.29, 0.717) is 0 Å². The molecule has 13 heavy (non-hydrogen) atoms. The van der Waals surface area contributed by atoms with Crippen LogP contribution in [-0.2, 0) is 4.79 Å². The van der Waals surface area contributed by atoms with Crippen LogP contribution in [0, 0.1) is 17.8 Å². The van der Waals surface area contributed by atoms with Gasteiger partial charge >= 0.3 is 0 Å². The average molecular weight is 177 g/mol. The minimum absolute atomic E-state index is 0.153. The molecular weight excluding hydrogens is 162 g/mol. The predicted molar refractivity (Wildman–Crippen MR) is 52.9 cm³/mol. The fraction of sp³-hybridized carbons (Fsp3) is 0.545. The highest BCUT2D eigenvalue weighted by Gasteiger charge is 2.19. The van der Waals surface area contributed by atoms with E-state index < -0.39 is 0 Å². The van der Waals surface area contributed by atoms with E-state index in [1.807, 2.05) is 6.92 Å². The smallest absolute Gasteiger partial charge is 0.223 e. The lowest BCUT2D eigenvalue weighted by atomic mass is 9.89. The normalized spacial score (nSPS) is 21.1. The summed E-state index contributed by atoms with van der Waals surface area (Å²) in [6.45, 7) is 1.84. The van der Waals surface area contributed by atoms with Gasteiger partial charge in [0, 0.05) is 13.0 Å². The number of rotatable bonds is 1. The van der Waals surface area contributed by atoms with E-state index in [0.717, 1.165) is 19.3 Å². The van der Waals surface area contributed by atoms with Gasteiger partial charge in [0.25, 0.3) is 0 Å². The molecule has 1 amide bonds. The quantitative estimate of drug-likeness (QED) is 0.604. The predicted octanol–water partition coefficient (Wildman–Crippen LogP) is 1.48. The molecule has 0 aromatic rings. The standard InChI is InChI=1S/C11H15NO/c1-3-4-9-5-7-10(8-6-9)11(13)12-2/h5,10H,6-8H2,1-2H3,(H,12,13). The van der Waals surface area contributed by atoms with Gasteiger partial charge in [-0.3, -0.25) is 4.79 Å². The van der Waals surface area contributed by atoms with Gasteiger partial charge in [-0.2, -0.15) is 0 Å². The van der Waals surface area contributed by atoms with E-state index in [2.05, 4.69) is 23.2 Å². The van der Waals surface area contributed by atoms with Crippen molar-refractivity contribution in [2.45, 2.75) is 26.2 Å². The van der Waals surface area contributed by atoms with Crippen LogP contribution >= 0.6 is 0 Å². The third kappa shape index (κ3) is 2.62. The fourth-order valence-corrected chi connectivity index (χ4v) is 1.55. The molecule has 0 heterocycles. The Labute approximate surface area is 79.4 Å². The molecule has 70 valence electrons. The lowest BCUT2D eigenvalue weighted by molar-refractivity contribution is -0.124. The summed E-state index contributed by atoms with van der Waals surface area (Å²) >= 11 is 0. The molecule has 0 aliphatic heterocycles. The van der Waals surface area contributed by atoms with Crippen molar-refractivity contribution in [2.75, 3.05) is 7.05 Å². The number of carbonyl (C=O) groups excluding carboxylic acids is 1. The molecule has 1 atom stereocenters. The molecule has 2 nitrogen and oxygen atoms in total. The van der Waals surface area contributed by atoms with Gasteiger partial charge in [-0.15, -0.1) is 5.92 Å². The van der Waals surface area contributed by atoms with Crippen LogP contribution in [0.2, 0.25) is 0 Å². The van der Waals surface area contributed by atoms with E-state index in [1.54, 1.807) is 7.05 Å². The number of amides is 1. The van der Waals surface area contributed by atoms with Gasteiger partial charge in [-0.05, 0) is 31.8 Å². The van der Waals surface area contributed by atoms with Crippen LogP contribution in [0.5, 0.6) is 0 Å². The Balaban J connectivity index is 2.54. The first kappa shape index (κ1) is 9.85. The number of hydrogen-bond donors (Lipinski definition) is 1. The highest BCUT2D eigenvalue weighted by atomic mass is 16.1. The summed E-state index contributed by atoms with van der Waals surface area (Å²) in [5.74, 6) is 6.23. The van der Waals surface area contributed by atoms with E-state index in [4.69, 9.17) is 0 Å². The molecule has 1 aliphatic carbocycles. The Morgan fingerprint density at radius 2 is 2.46 bits per heavy atom. The lowest BCUT2D eigenvalue weighted by Gasteiger charge is -2.17. The molecule has 0 aromatic carbocycles. The third-order valence-electron chi connectivity index (χ3n) is 2.31. The summed E-state index contributed by atoms with van der Waals surface area (Å²) < 4.78 is 0. The molecule has 0 fully saturated rings. The Hall–Kier alpha value is -1.23. The second-order valence-corrected chi connectivity index (χ2v) is 3.19. The molecule has 0 saturated heterocycles. The first-order chi connectivity index (χ1) is 6.27. The van der Waals surface area contributed by atoms with Gasteiger partial charge in [0.2, 0.25) is 5.91 Å². The van der Waals surface area contributed by atoms with Crippen LogP contribution in [0.3, 0.4) is 0 Å². The monoisotopic (exact) mass is 177 g/mol. The van der Waals surface area contributed by atoms with E-state index in [1.165, 1.54) is 5.57 Å². The molecule has 1 N–H and O–H groups in total. The summed E-state index contributed by atoms with van der Waals surface area (Å²) in [5.41, 5.74) is 1.18. The van der Waals surface area contributed by atoms with E-state index in [9.17, 15) is 4.79 Å². The minimum atomic E-state index is 0.153. The van der Waals surface area contributed by atoms with Gasteiger partial charge in [0.05, 0.1) is 0 Å². The Kier molecular flexibility index (Phi) is 3.57. The van der Waals surface area contributed by atoms with Crippen molar-refractivity contribution in [3.8, 4) is 11.8 Å². The second-order valence-electron chi connectivity index (χ2n) is 3.19. The van der Waals surface area contributed by atoms with Crippen LogP contribution in [0.25, 0.3) is 0 Å². The maximum Gasteiger partial charge on any atom is 0.223 e. The maximum absolute atomic E-state index is 11.3. The minimum Gasteiger partial charge on any atom is -0.359 e. The highest BCUT2D eigenvalue weighted by Crippen LogP contribution is 2.22. The van der Waals surface area contributed by atoms with E-state index in [-0.39, 0.29) is 11.8 Å². The molecule has 1 unspecified atom stereocenters. The molecule has 0 bridgehead atoms. The Morgan fingerprint density at radius 1 is 1.69 bits per heavy atom. The van der Waals surface area contributed by atoms with Crippen molar-refractivity contribution in [3.05, 3.63) is 11.6 Å². The van der Waals surface area contributed by atoms with Crippen LogP contribution in [0.1, 0.15) is 26.2 Å². The van der Waals surface area contributed by atoms with Crippen LogP contribution in [0.15, 0.2) is 11.6 Å². The average Bonchev–Trinajstić information content (AvgIpc) is 2.18. The van der Waals surface area contributed by atoms with Crippen LogP contribution < -0.4 is 5.32 Å². The second kappa shape index (κ2) is 4.71. The van der Waals surface area contributed by atoms with Gasteiger partial charge in [-0.1, -0.05) is 12.0 Å². The first-order valence-electron chi connectivity index (χ1n) is 4.61. The number of hydrogen-bond acceptors (Lipinski definition) is 1. The molecule has 0 saturated carbocycles. The van der Waals surface area contributed by atoms with Crippen molar-refractivity contribution in [3.63, 3.8) is 0 Å². The zero-order valence-electron chi connectivity index (χ0n) is 8.18. The summed E-state index contributed by atoms with van der Waals surface area (Å²) in [6.07, 6.45) is 4.79. The fourth-order valence-electron chi connectivity index (χ4n) is 1.55. The summed E-state index contributed by atoms with van der Waals surface area (Å²) in [6, 6.07) is 0. The molecule has 0 radical (unpaired) electrons. The number of carbonyl (C=O) groups is 1. The van der Waals surface area contributed by atoms with Crippen LogP contribution in [0.4, 0.5) is 0 Å². The molecule has 0 spiro atoms. The maximum atomic E-state index is 11.3.